The SMILES string of the molecule is C=CC(O)Nc1cccc(-c2nc(Nc3ccc(OP(=O)(O)O)c(N4CCOCC4)c3)ncc2Cl)c1. The highest BCUT2D eigenvalue weighted by molar-refractivity contribution is 7.46. The molecule has 11 nitrogen and oxygen atoms in total. The summed E-state index contributed by atoms with van der Waals surface area (Å²) < 4.78 is 21.8. The molecule has 0 bridgehead atoms. The third kappa shape index (κ3) is 6.73. The van der Waals surface area contributed by atoms with E-state index in [0.29, 0.717) is 59.6 Å². The Morgan fingerprint density at radius 2 is 1.97 bits per heavy atom. The summed E-state index contributed by atoms with van der Waals surface area (Å²) in [5.41, 5.74) is 2.90. The second-order valence-electron chi connectivity index (χ2n) is 7.78. The Kier molecular flexibility index (Phi) is 8.10. The van der Waals surface area contributed by atoms with Crippen LogP contribution < -0.4 is 20.1 Å². The van der Waals surface area contributed by atoms with E-state index in [0.717, 1.165) is 0 Å². The minimum atomic E-state index is -4.75. The van der Waals surface area contributed by atoms with E-state index in [1.807, 2.05) is 11.0 Å². The zero-order valence-electron chi connectivity index (χ0n) is 19.0. The van der Waals surface area contributed by atoms with Gasteiger partial charge in [-0.1, -0.05) is 30.3 Å². The molecule has 36 heavy (non-hydrogen) atoms. The predicted molar refractivity (Wildman–Crippen MR) is 138 cm³/mol. The normalized spacial score (nSPS) is 14.7. The lowest BCUT2D eigenvalue weighted by atomic mass is 10.1. The van der Waals surface area contributed by atoms with Gasteiger partial charge in [-0.05, 0) is 36.4 Å². The number of hydrogen-bond donors (Lipinski definition) is 5. The van der Waals surface area contributed by atoms with Crippen LogP contribution in [0, 0.1) is 0 Å². The van der Waals surface area contributed by atoms with Crippen LogP contribution in [0.4, 0.5) is 23.0 Å². The molecule has 1 aromatic heterocycles. The van der Waals surface area contributed by atoms with E-state index in [1.54, 1.807) is 30.3 Å². The molecule has 0 saturated carbocycles. The summed E-state index contributed by atoms with van der Waals surface area (Å²) in [4.78, 5) is 29.4. The highest BCUT2D eigenvalue weighted by Gasteiger charge is 2.23. The number of ether oxygens (including phenoxy) is 1. The molecule has 1 saturated heterocycles. The van der Waals surface area contributed by atoms with Crippen molar-refractivity contribution in [2.24, 2.45) is 0 Å². The number of phosphoric acid groups is 1. The molecule has 0 spiro atoms. The van der Waals surface area contributed by atoms with Crippen molar-refractivity contribution in [1.29, 1.82) is 0 Å². The molecular weight excluding hydrogens is 509 g/mol. The lowest BCUT2D eigenvalue weighted by molar-refractivity contribution is 0.122. The number of halogens is 1. The van der Waals surface area contributed by atoms with Crippen LogP contribution in [0.5, 0.6) is 5.75 Å². The molecule has 1 aliphatic rings. The van der Waals surface area contributed by atoms with Crippen LogP contribution in [0.3, 0.4) is 0 Å². The van der Waals surface area contributed by atoms with Gasteiger partial charge in [-0.25, -0.2) is 14.5 Å². The van der Waals surface area contributed by atoms with Crippen LogP contribution in [0.1, 0.15) is 0 Å². The molecule has 13 heteroatoms. The van der Waals surface area contributed by atoms with Crippen molar-refractivity contribution in [3.8, 4) is 17.0 Å². The van der Waals surface area contributed by atoms with E-state index >= 15 is 0 Å². The number of aliphatic hydroxyl groups is 1. The summed E-state index contributed by atoms with van der Waals surface area (Å²) in [6.45, 7) is 5.57. The third-order valence-electron chi connectivity index (χ3n) is 5.20. The summed E-state index contributed by atoms with van der Waals surface area (Å²) in [6.07, 6.45) is 1.93. The van der Waals surface area contributed by atoms with Gasteiger partial charge in [-0.2, -0.15) is 0 Å². The summed E-state index contributed by atoms with van der Waals surface area (Å²) >= 11 is 6.38. The monoisotopic (exact) mass is 533 g/mol. The van der Waals surface area contributed by atoms with Crippen LogP contribution in [0.2, 0.25) is 5.02 Å². The fraction of sp³-hybridized carbons (Fsp3) is 0.217. The summed E-state index contributed by atoms with van der Waals surface area (Å²) in [6, 6.07) is 12.0. The lowest BCUT2D eigenvalue weighted by Crippen LogP contribution is -2.36. The standard InChI is InChI=1S/C23H25ClN5O6P/c1-2-21(30)26-16-5-3-4-15(12-16)22-18(24)14-25-23(28-22)27-17-6-7-20(35-36(31,32)33)19(13-17)29-8-10-34-11-9-29/h2-7,12-14,21,26,30H,1,8-11H2,(H,25,27,28)(H2,31,32,33). The first-order valence-electron chi connectivity index (χ1n) is 10.9. The highest BCUT2D eigenvalue weighted by Crippen LogP contribution is 2.43. The van der Waals surface area contributed by atoms with E-state index in [-0.39, 0.29) is 11.7 Å². The van der Waals surface area contributed by atoms with Gasteiger partial charge in [0.1, 0.15) is 6.23 Å². The minimum Gasteiger partial charge on any atom is -0.402 e. The Bertz CT molecular complexity index is 1280. The smallest absolute Gasteiger partial charge is 0.402 e. The fourth-order valence-corrected chi connectivity index (χ4v) is 4.21. The van der Waals surface area contributed by atoms with Crippen molar-refractivity contribution in [2.45, 2.75) is 6.23 Å². The predicted octanol–water partition coefficient (Wildman–Crippen LogP) is 3.77. The Morgan fingerprint density at radius 1 is 1.19 bits per heavy atom. The molecule has 0 radical (unpaired) electrons. The number of rotatable bonds is 9. The molecule has 5 N–H and O–H groups in total. The molecule has 2 aromatic carbocycles. The zero-order valence-corrected chi connectivity index (χ0v) is 20.7. The molecule has 2 heterocycles. The molecule has 1 fully saturated rings. The topological polar surface area (TPSA) is 149 Å². The molecular formula is C23H25ClN5O6P. The van der Waals surface area contributed by atoms with E-state index in [1.165, 1.54) is 18.3 Å². The molecule has 1 atom stereocenters. The third-order valence-corrected chi connectivity index (χ3v) is 5.91. The van der Waals surface area contributed by atoms with E-state index in [9.17, 15) is 19.5 Å². The first-order chi connectivity index (χ1) is 17.2. The van der Waals surface area contributed by atoms with Gasteiger partial charge in [0.25, 0.3) is 0 Å². The minimum absolute atomic E-state index is 0.0551. The average Bonchev–Trinajstić information content (AvgIpc) is 2.86. The number of phosphoric ester groups is 1. The van der Waals surface area contributed by atoms with Crippen molar-refractivity contribution in [3.05, 3.63) is 66.3 Å². The lowest BCUT2D eigenvalue weighted by Gasteiger charge is -2.30. The molecule has 190 valence electrons. The van der Waals surface area contributed by atoms with Crippen molar-refractivity contribution in [1.82, 2.24) is 9.97 Å². The van der Waals surface area contributed by atoms with Gasteiger partial charge in [-0.15, -0.1) is 0 Å². The van der Waals surface area contributed by atoms with Gasteiger partial charge in [0.15, 0.2) is 5.75 Å². The molecule has 1 aliphatic heterocycles. The first-order valence-corrected chi connectivity index (χ1v) is 12.8. The number of benzene rings is 2. The number of aliphatic hydroxyl groups excluding tert-OH is 1. The first kappa shape index (κ1) is 25.9. The van der Waals surface area contributed by atoms with Crippen LogP contribution in [0.15, 0.2) is 61.3 Å². The van der Waals surface area contributed by atoms with E-state index in [4.69, 9.17) is 20.9 Å². The van der Waals surface area contributed by atoms with Crippen molar-refractivity contribution >= 4 is 42.4 Å². The van der Waals surface area contributed by atoms with Crippen LogP contribution in [-0.2, 0) is 9.30 Å². The highest BCUT2D eigenvalue weighted by atomic mass is 35.5. The summed E-state index contributed by atoms with van der Waals surface area (Å²) in [5.74, 6) is 0.315. The quantitative estimate of drug-likeness (QED) is 0.155. The van der Waals surface area contributed by atoms with Crippen molar-refractivity contribution in [3.63, 3.8) is 0 Å². The van der Waals surface area contributed by atoms with Gasteiger partial charge in [-0.3, -0.25) is 9.79 Å². The van der Waals surface area contributed by atoms with E-state index in [2.05, 4.69) is 27.2 Å². The van der Waals surface area contributed by atoms with Crippen LogP contribution in [-0.4, -0.2) is 57.4 Å². The second-order valence-corrected chi connectivity index (χ2v) is 9.36. The number of morpholine rings is 1. The van der Waals surface area contributed by atoms with Gasteiger partial charge in [0.2, 0.25) is 5.95 Å². The summed E-state index contributed by atoms with van der Waals surface area (Å²) in [7, 11) is -4.75. The van der Waals surface area contributed by atoms with E-state index < -0.39 is 14.1 Å². The number of nitrogens with one attached hydrogen (secondary N) is 2. The number of nitrogens with zero attached hydrogens (tertiary/aromatic N) is 3. The van der Waals surface area contributed by atoms with Gasteiger partial charge in [0.05, 0.1) is 35.8 Å². The Balaban J connectivity index is 1.62. The molecule has 0 amide bonds. The summed E-state index contributed by atoms with van der Waals surface area (Å²) in [5, 5.41) is 16.1. The molecule has 3 aromatic rings. The Morgan fingerprint density at radius 3 is 2.69 bits per heavy atom. The largest absolute Gasteiger partial charge is 0.524 e. The number of hydrogen-bond acceptors (Lipinski definition) is 9. The maximum absolute atomic E-state index is 11.5. The van der Waals surface area contributed by atoms with Crippen LogP contribution >= 0.6 is 19.4 Å². The zero-order chi connectivity index (χ0) is 25.7. The maximum atomic E-state index is 11.5. The van der Waals surface area contributed by atoms with Crippen molar-refractivity contribution < 1.29 is 28.7 Å². The molecule has 0 aliphatic carbocycles. The van der Waals surface area contributed by atoms with Gasteiger partial charge < -0.3 is 29.9 Å². The Labute approximate surface area is 212 Å². The number of aromatic nitrogens is 2. The van der Waals surface area contributed by atoms with Gasteiger partial charge >= 0.3 is 7.82 Å². The second kappa shape index (κ2) is 11.3. The molecule has 4 rings (SSSR count). The van der Waals surface area contributed by atoms with Gasteiger partial charge in [0, 0.05) is 30.0 Å². The van der Waals surface area contributed by atoms with Crippen molar-refractivity contribution in [2.75, 3.05) is 41.8 Å². The fourth-order valence-electron chi connectivity index (χ4n) is 3.60. The molecule has 1 unspecified atom stereocenters. The Hall–Kier alpha value is -3.18. The number of anilines is 4. The average molecular weight is 534 g/mol. The van der Waals surface area contributed by atoms with Crippen LogP contribution in [0.25, 0.3) is 11.3 Å². The maximum Gasteiger partial charge on any atom is 0.524 e.